The minimum absolute atomic E-state index is 0.834. The van der Waals surface area contributed by atoms with Gasteiger partial charge in [0.15, 0.2) is 5.58 Å². The smallest absolute Gasteiger partial charge is 0.153 e. The molecule has 0 saturated heterocycles. The average Bonchev–Trinajstić information content (AvgIpc) is 2.61. The molecule has 0 amide bonds. The maximum absolute atomic E-state index is 5.62. The minimum atomic E-state index is 0.834. The topological polar surface area (TPSA) is 26.0 Å². The summed E-state index contributed by atoms with van der Waals surface area (Å²) in [5.41, 5.74) is 2.84. The summed E-state index contributed by atoms with van der Waals surface area (Å²) in [5.74, 6) is 0.917. The van der Waals surface area contributed by atoms with E-state index in [1.165, 1.54) is 0 Å². The molecule has 3 rings (SSSR count). The van der Waals surface area contributed by atoms with Crippen molar-refractivity contribution >= 4 is 11.1 Å². The molecule has 1 aliphatic heterocycles. The van der Waals surface area contributed by atoms with Crippen LogP contribution >= 0.6 is 0 Å². The Bertz CT molecular complexity index is 480. The summed E-state index contributed by atoms with van der Waals surface area (Å²) in [7, 11) is 0. The molecule has 0 bridgehead atoms. The highest BCUT2D eigenvalue weighted by Crippen LogP contribution is 2.27. The van der Waals surface area contributed by atoms with Gasteiger partial charge in [-0.25, -0.2) is 0 Å². The molecule has 0 unspecified atom stereocenters. The maximum Gasteiger partial charge on any atom is 0.153 e. The fraction of sp³-hybridized carbons (Fsp3) is 0. The first-order valence-corrected chi connectivity index (χ1v) is 4.17. The van der Waals surface area contributed by atoms with Gasteiger partial charge >= 0.3 is 0 Å². The lowest BCUT2D eigenvalue weighted by Gasteiger charge is -2.00. The number of fused-ring (bicyclic) bond motifs is 2. The quantitative estimate of drug-likeness (QED) is 0.517. The Hall–Kier alpha value is -1.83. The van der Waals surface area contributed by atoms with E-state index in [4.69, 9.17) is 4.42 Å². The van der Waals surface area contributed by atoms with E-state index in [0.29, 0.717) is 0 Å². The number of pyridine rings is 1. The Morgan fingerprint density at radius 3 is 3.08 bits per heavy atom. The SMILES string of the molecule is c1cc2cc3ncccc3oc-2c1. The highest BCUT2D eigenvalue weighted by molar-refractivity contribution is 5.79. The normalized spacial score (nSPS) is 11.1. The van der Waals surface area contributed by atoms with Gasteiger partial charge in [0, 0.05) is 11.8 Å². The zero-order valence-corrected chi connectivity index (χ0v) is 6.90. The van der Waals surface area contributed by atoms with Gasteiger partial charge in [0.1, 0.15) is 11.3 Å². The lowest BCUT2D eigenvalue weighted by molar-refractivity contribution is 0.620. The van der Waals surface area contributed by atoms with Crippen LogP contribution in [0.5, 0.6) is 0 Å². The van der Waals surface area contributed by atoms with Crippen molar-refractivity contribution in [3.63, 3.8) is 0 Å². The fourth-order valence-corrected chi connectivity index (χ4v) is 1.49. The highest BCUT2D eigenvalue weighted by Gasteiger charge is 2.06. The predicted octanol–water partition coefficient (Wildman–Crippen LogP) is 2.93. The molecule has 0 aromatic carbocycles. The van der Waals surface area contributed by atoms with Crippen LogP contribution in [0, 0.1) is 0 Å². The van der Waals surface area contributed by atoms with Gasteiger partial charge in [0.2, 0.25) is 0 Å². The first kappa shape index (κ1) is 6.66. The Morgan fingerprint density at radius 2 is 2.08 bits per heavy atom. The molecule has 62 valence electrons. The molecule has 2 heteroatoms. The van der Waals surface area contributed by atoms with Crippen molar-refractivity contribution in [3.05, 3.63) is 42.6 Å². The summed E-state index contributed by atoms with van der Waals surface area (Å²) < 4.78 is 5.62. The predicted molar refractivity (Wildman–Crippen MR) is 50.6 cm³/mol. The van der Waals surface area contributed by atoms with E-state index in [1.807, 2.05) is 36.4 Å². The first-order chi connectivity index (χ1) is 6.43. The third-order valence-corrected chi connectivity index (χ3v) is 2.12. The molecule has 0 radical (unpaired) electrons. The molecule has 1 aromatic rings. The number of hydrogen-bond donors (Lipinski definition) is 0. The lowest BCUT2D eigenvalue weighted by atomic mass is 10.2. The largest absolute Gasteiger partial charge is 0.454 e. The average molecular weight is 169 g/mol. The second-order valence-corrected chi connectivity index (χ2v) is 2.98. The van der Waals surface area contributed by atoms with Gasteiger partial charge in [0.25, 0.3) is 0 Å². The summed E-state index contributed by atoms with van der Waals surface area (Å²) in [4.78, 5) is 4.22. The molecule has 2 nitrogen and oxygen atoms in total. The van der Waals surface area contributed by atoms with E-state index in [1.54, 1.807) is 6.20 Å². The molecule has 0 atom stereocenters. The summed E-state index contributed by atoms with van der Waals surface area (Å²) in [6.45, 7) is 0. The molecule has 0 saturated carbocycles. The van der Waals surface area contributed by atoms with E-state index < -0.39 is 0 Å². The van der Waals surface area contributed by atoms with E-state index in [2.05, 4.69) is 4.98 Å². The van der Waals surface area contributed by atoms with Crippen LogP contribution in [0.4, 0.5) is 0 Å². The Balaban J connectivity index is 2.52. The molecule has 2 aliphatic rings. The van der Waals surface area contributed by atoms with Crippen LogP contribution in [0.3, 0.4) is 0 Å². The second-order valence-electron chi connectivity index (χ2n) is 2.98. The standard InChI is InChI=1S/C11H7NO/c1-3-8-7-9-11(5-2-6-12-9)13-10(8)4-1/h1-7H. The molecule has 0 spiro atoms. The first-order valence-electron chi connectivity index (χ1n) is 4.17. The summed E-state index contributed by atoms with van der Waals surface area (Å²) in [6.07, 6.45) is 1.77. The maximum atomic E-state index is 5.62. The van der Waals surface area contributed by atoms with Gasteiger partial charge in [-0.05, 0) is 24.3 Å². The molecule has 2 heterocycles. The van der Waals surface area contributed by atoms with Crippen LogP contribution in [0.1, 0.15) is 0 Å². The van der Waals surface area contributed by atoms with Crippen LogP contribution in [0.25, 0.3) is 22.4 Å². The fourth-order valence-electron chi connectivity index (χ4n) is 1.49. The Morgan fingerprint density at radius 1 is 1.08 bits per heavy atom. The minimum Gasteiger partial charge on any atom is -0.454 e. The molecular weight excluding hydrogens is 162 g/mol. The third-order valence-electron chi connectivity index (χ3n) is 2.12. The molecule has 0 fully saturated rings. The van der Waals surface area contributed by atoms with Crippen LogP contribution in [0.15, 0.2) is 47.0 Å². The monoisotopic (exact) mass is 169 g/mol. The van der Waals surface area contributed by atoms with E-state index in [9.17, 15) is 0 Å². The second kappa shape index (κ2) is 2.33. The zero-order chi connectivity index (χ0) is 8.67. The van der Waals surface area contributed by atoms with E-state index >= 15 is 0 Å². The molecule has 1 aliphatic carbocycles. The molecule has 0 N–H and O–H groups in total. The van der Waals surface area contributed by atoms with Crippen molar-refractivity contribution in [1.82, 2.24) is 4.98 Å². The lowest BCUT2D eigenvalue weighted by Crippen LogP contribution is -1.79. The van der Waals surface area contributed by atoms with E-state index in [0.717, 1.165) is 22.4 Å². The summed E-state index contributed by atoms with van der Waals surface area (Å²) >= 11 is 0. The van der Waals surface area contributed by atoms with Crippen molar-refractivity contribution in [2.45, 2.75) is 0 Å². The number of hydrogen-bond acceptors (Lipinski definition) is 2. The molecule has 1 aromatic heterocycles. The number of aromatic nitrogens is 1. The summed E-state index contributed by atoms with van der Waals surface area (Å²) in [5, 5.41) is 0. The van der Waals surface area contributed by atoms with Crippen LogP contribution in [-0.4, -0.2) is 4.98 Å². The van der Waals surface area contributed by atoms with E-state index in [-0.39, 0.29) is 0 Å². The van der Waals surface area contributed by atoms with Gasteiger partial charge in [0.05, 0.1) is 0 Å². The van der Waals surface area contributed by atoms with Crippen molar-refractivity contribution in [1.29, 1.82) is 0 Å². The number of nitrogens with zero attached hydrogens (tertiary/aromatic N) is 1. The van der Waals surface area contributed by atoms with Crippen LogP contribution in [-0.2, 0) is 0 Å². The van der Waals surface area contributed by atoms with Gasteiger partial charge in [-0.1, -0.05) is 12.1 Å². The van der Waals surface area contributed by atoms with Gasteiger partial charge in [-0.15, -0.1) is 0 Å². The van der Waals surface area contributed by atoms with Gasteiger partial charge < -0.3 is 4.42 Å². The van der Waals surface area contributed by atoms with Crippen LogP contribution in [0.2, 0.25) is 0 Å². The Kier molecular flexibility index (Phi) is 1.19. The highest BCUT2D eigenvalue weighted by atomic mass is 16.3. The Labute approximate surface area is 75.2 Å². The summed E-state index contributed by atoms with van der Waals surface area (Å²) in [6, 6.07) is 11.8. The van der Waals surface area contributed by atoms with Crippen molar-refractivity contribution in [3.8, 4) is 11.3 Å². The van der Waals surface area contributed by atoms with Crippen molar-refractivity contribution < 1.29 is 4.42 Å². The molecular formula is C11H7NO. The van der Waals surface area contributed by atoms with Crippen molar-refractivity contribution in [2.75, 3.05) is 0 Å². The third kappa shape index (κ3) is 0.920. The van der Waals surface area contributed by atoms with Crippen LogP contribution < -0.4 is 0 Å². The number of rotatable bonds is 0. The van der Waals surface area contributed by atoms with Crippen molar-refractivity contribution in [2.24, 2.45) is 0 Å². The molecule has 13 heavy (non-hydrogen) atoms. The van der Waals surface area contributed by atoms with Gasteiger partial charge in [-0.3, -0.25) is 4.98 Å². The van der Waals surface area contributed by atoms with Gasteiger partial charge in [-0.2, -0.15) is 0 Å². The zero-order valence-electron chi connectivity index (χ0n) is 6.90.